The Balaban J connectivity index is 1.40. The molecule has 1 aliphatic carbocycles. The van der Waals surface area contributed by atoms with E-state index >= 15 is 0 Å². The van der Waals surface area contributed by atoms with Gasteiger partial charge in [0.05, 0.1) is 5.69 Å². The number of aromatic nitrogens is 2. The summed E-state index contributed by atoms with van der Waals surface area (Å²) in [5.74, 6) is 1.77. The maximum Gasteiger partial charge on any atom is 0.222 e. The van der Waals surface area contributed by atoms with E-state index in [0.717, 1.165) is 47.9 Å². The van der Waals surface area contributed by atoms with Crippen LogP contribution in [0, 0.1) is 5.92 Å². The topological polar surface area (TPSA) is 46.1 Å². The number of nitrogens with zero attached hydrogens (tertiary/aromatic N) is 3. The Bertz CT molecular complexity index is 784. The van der Waals surface area contributed by atoms with Gasteiger partial charge in [-0.15, -0.1) is 0 Å². The SMILES string of the molecule is O=C(CCC1CCCC1)N1CCc2nc(-c3ccc(Cl)cc3)ncc2C1. The molecule has 1 aromatic carbocycles. The molecule has 4 nitrogen and oxygen atoms in total. The van der Waals surface area contributed by atoms with Crippen molar-refractivity contribution in [2.45, 2.75) is 51.5 Å². The molecule has 2 aliphatic rings. The predicted molar refractivity (Wildman–Crippen MR) is 103 cm³/mol. The number of hydrogen-bond acceptors (Lipinski definition) is 3. The van der Waals surface area contributed by atoms with Gasteiger partial charge in [-0.1, -0.05) is 37.3 Å². The van der Waals surface area contributed by atoms with Gasteiger partial charge in [-0.05, 0) is 36.6 Å². The fraction of sp³-hybridized carbons (Fsp3) is 0.476. The van der Waals surface area contributed by atoms with Crippen molar-refractivity contribution in [3.63, 3.8) is 0 Å². The molecule has 4 rings (SSSR count). The zero-order chi connectivity index (χ0) is 17.9. The molecule has 26 heavy (non-hydrogen) atoms. The van der Waals surface area contributed by atoms with Gasteiger partial charge in [-0.3, -0.25) is 4.79 Å². The van der Waals surface area contributed by atoms with Crippen LogP contribution in [0.15, 0.2) is 30.5 Å². The number of fused-ring (bicyclic) bond motifs is 1. The average molecular weight is 370 g/mol. The molecule has 1 saturated carbocycles. The van der Waals surface area contributed by atoms with E-state index in [9.17, 15) is 4.79 Å². The summed E-state index contributed by atoms with van der Waals surface area (Å²) in [7, 11) is 0. The Morgan fingerprint density at radius 2 is 1.96 bits per heavy atom. The largest absolute Gasteiger partial charge is 0.338 e. The Labute approximate surface area is 159 Å². The lowest BCUT2D eigenvalue weighted by atomic mass is 10.0. The Kier molecular flexibility index (Phi) is 5.21. The third-order valence-electron chi connectivity index (χ3n) is 5.63. The minimum absolute atomic E-state index is 0.282. The molecule has 0 spiro atoms. The maximum atomic E-state index is 12.6. The third kappa shape index (κ3) is 3.90. The molecule has 0 N–H and O–H groups in total. The first-order valence-electron chi connectivity index (χ1n) is 9.57. The van der Waals surface area contributed by atoms with Gasteiger partial charge in [0.2, 0.25) is 5.91 Å². The smallest absolute Gasteiger partial charge is 0.222 e. The molecule has 1 fully saturated rings. The fourth-order valence-corrected chi connectivity index (χ4v) is 4.18. The first kappa shape index (κ1) is 17.5. The van der Waals surface area contributed by atoms with Crippen LogP contribution in [0.3, 0.4) is 0 Å². The van der Waals surface area contributed by atoms with Crippen molar-refractivity contribution in [2.24, 2.45) is 5.92 Å². The van der Waals surface area contributed by atoms with Crippen molar-refractivity contribution in [1.29, 1.82) is 0 Å². The molecule has 5 heteroatoms. The van der Waals surface area contributed by atoms with Gasteiger partial charge < -0.3 is 4.90 Å². The highest BCUT2D eigenvalue weighted by molar-refractivity contribution is 6.30. The minimum Gasteiger partial charge on any atom is -0.338 e. The molecule has 136 valence electrons. The van der Waals surface area contributed by atoms with Crippen LogP contribution < -0.4 is 0 Å². The van der Waals surface area contributed by atoms with E-state index in [2.05, 4.69) is 4.98 Å². The van der Waals surface area contributed by atoms with Crippen LogP contribution in [0.4, 0.5) is 0 Å². The van der Waals surface area contributed by atoms with Crippen molar-refractivity contribution < 1.29 is 4.79 Å². The second-order valence-corrected chi connectivity index (χ2v) is 7.86. The number of benzene rings is 1. The van der Waals surface area contributed by atoms with E-state index in [4.69, 9.17) is 16.6 Å². The van der Waals surface area contributed by atoms with Gasteiger partial charge >= 0.3 is 0 Å². The van der Waals surface area contributed by atoms with Crippen LogP contribution in [0.25, 0.3) is 11.4 Å². The van der Waals surface area contributed by atoms with Crippen molar-refractivity contribution >= 4 is 17.5 Å². The summed E-state index contributed by atoms with van der Waals surface area (Å²) in [4.78, 5) is 23.8. The number of rotatable bonds is 4. The normalized spacial score (nSPS) is 17.3. The summed E-state index contributed by atoms with van der Waals surface area (Å²) in [5.41, 5.74) is 3.10. The number of halogens is 1. The van der Waals surface area contributed by atoms with Crippen LogP contribution in [-0.4, -0.2) is 27.3 Å². The molecular formula is C21H24ClN3O. The van der Waals surface area contributed by atoms with Crippen LogP contribution >= 0.6 is 11.6 Å². The van der Waals surface area contributed by atoms with Gasteiger partial charge in [0.15, 0.2) is 5.82 Å². The van der Waals surface area contributed by atoms with Gasteiger partial charge in [0.1, 0.15) is 0 Å². The summed E-state index contributed by atoms with van der Waals surface area (Å²) >= 11 is 5.95. The Morgan fingerprint density at radius 3 is 2.73 bits per heavy atom. The molecule has 1 aliphatic heterocycles. The number of carbonyl (C=O) groups is 1. The lowest BCUT2D eigenvalue weighted by molar-refractivity contribution is -0.132. The van der Waals surface area contributed by atoms with E-state index in [0.29, 0.717) is 18.0 Å². The lowest BCUT2D eigenvalue weighted by Crippen LogP contribution is -2.36. The van der Waals surface area contributed by atoms with Crippen molar-refractivity contribution in [1.82, 2.24) is 14.9 Å². The highest BCUT2D eigenvalue weighted by Crippen LogP contribution is 2.29. The number of hydrogen-bond donors (Lipinski definition) is 0. The summed E-state index contributed by atoms with van der Waals surface area (Å²) in [6.07, 6.45) is 9.69. The molecule has 1 amide bonds. The molecule has 2 aromatic rings. The Morgan fingerprint density at radius 1 is 1.19 bits per heavy atom. The fourth-order valence-electron chi connectivity index (χ4n) is 4.05. The highest BCUT2D eigenvalue weighted by atomic mass is 35.5. The average Bonchev–Trinajstić information content (AvgIpc) is 3.19. The van der Waals surface area contributed by atoms with Crippen LogP contribution in [0.2, 0.25) is 5.02 Å². The first-order chi connectivity index (χ1) is 12.7. The molecule has 0 atom stereocenters. The van der Waals surface area contributed by atoms with Gasteiger partial charge in [0.25, 0.3) is 0 Å². The molecule has 0 unspecified atom stereocenters. The lowest BCUT2D eigenvalue weighted by Gasteiger charge is -2.28. The van der Waals surface area contributed by atoms with Gasteiger partial charge in [-0.25, -0.2) is 9.97 Å². The minimum atomic E-state index is 0.282. The summed E-state index contributed by atoms with van der Waals surface area (Å²) in [6, 6.07) is 7.58. The molecule has 1 aromatic heterocycles. The zero-order valence-electron chi connectivity index (χ0n) is 15.0. The second kappa shape index (κ2) is 7.75. The molecule has 0 bridgehead atoms. The molecular weight excluding hydrogens is 346 g/mol. The third-order valence-corrected chi connectivity index (χ3v) is 5.88. The highest BCUT2D eigenvalue weighted by Gasteiger charge is 2.24. The van der Waals surface area contributed by atoms with Crippen LogP contribution in [0.5, 0.6) is 0 Å². The molecule has 2 heterocycles. The second-order valence-electron chi connectivity index (χ2n) is 7.43. The predicted octanol–water partition coefficient (Wildman–Crippen LogP) is 4.65. The van der Waals surface area contributed by atoms with Gasteiger partial charge in [0, 0.05) is 48.3 Å². The summed E-state index contributed by atoms with van der Waals surface area (Å²) in [6.45, 7) is 1.40. The van der Waals surface area contributed by atoms with E-state index < -0.39 is 0 Å². The van der Waals surface area contributed by atoms with Crippen molar-refractivity contribution in [3.05, 3.63) is 46.7 Å². The first-order valence-corrected chi connectivity index (χ1v) is 9.95. The molecule has 0 saturated heterocycles. The maximum absolute atomic E-state index is 12.6. The van der Waals surface area contributed by atoms with Crippen molar-refractivity contribution in [2.75, 3.05) is 6.54 Å². The van der Waals surface area contributed by atoms with Crippen molar-refractivity contribution in [3.8, 4) is 11.4 Å². The number of amides is 1. The van der Waals surface area contributed by atoms with E-state index in [-0.39, 0.29) is 5.91 Å². The van der Waals surface area contributed by atoms with E-state index in [1.807, 2.05) is 35.4 Å². The quantitative estimate of drug-likeness (QED) is 0.787. The standard InChI is InChI=1S/C21H24ClN3O/c22-18-8-6-16(7-9-18)21-23-13-17-14-25(12-11-19(17)24-21)20(26)10-5-15-3-1-2-4-15/h6-9,13,15H,1-5,10-12,14H2. The summed E-state index contributed by atoms with van der Waals surface area (Å²) in [5, 5.41) is 0.707. The Hall–Kier alpha value is -1.94. The van der Waals surface area contributed by atoms with E-state index in [1.54, 1.807) is 0 Å². The zero-order valence-corrected chi connectivity index (χ0v) is 15.7. The van der Waals surface area contributed by atoms with Crippen LogP contribution in [0.1, 0.15) is 49.8 Å². The molecule has 0 radical (unpaired) electrons. The van der Waals surface area contributed by atoms with Crippen LogP contribution in [-0.2, 0) is 17.8 Å². The van der Waals surface area contributed by atoms with E-state index in [1.165, 1.54) is 25.7 Å². The number of carbonyl (C=O) groups excluding carboxylic acids is 1. The van der Waals surface area contributed by atoms with Gasteiger partial charge in [-0.2, -0.15) is 0 Å². The monoisotopic (exact) mass is 369 g/mol. The summed E-state index contributed by atoms with van der Waals surface area (Å²) < 4.78 is 0.